The number of carbonyl (C=O) groups excluding carboxylic acids is 1. The van der Waals surface area contributed by atoms with Crippen LogP contribution in [0.5, 0.6) is 5.75 Å². The minimum atomic E-state index is -0.622. The largest absolute Gasteiger partial charge is 0.508 e. The third-order valence-corrected chi connectivity index (χ3v) is 4.88. The summed E-state index contributed by atoms with van der Waals surface area (Å²) in [7, 11) is 0. The first-order valence-corrected chi connectivity index (χ1v) is 8.76. The lowest BCUT2D eigenvalue weighted by Crippen LogP contribution is -2.28. The molecule has 0 spiro atoms. The molecule has 3 rings (SSSR count). The maximum absolute atomic E-state index is 12.5. The highest BCUT2D eigenvalue weighted by Gasteiger charge is 2.29. The molecule has 2 N–H and O–H groups in total. The van der Waals surface area contributed by atoms with Crippen molar-refractivity contribution < 1.29 is 19.7 Å². The van der Waals surface area contributed by atoms with Crippen molar-refractivity contribution in [2.24, 2.45) is 5.92 Å². The number of nitrogens with zero attached hydrogens (tertiary/aromatic N) is 1. The van der Waals surface area contributed by atoms with Crippen LogP contribution in [0.3, 0.4) is 0 Å². The van der Waals surface area contributed by atoms with Crippen molar-refractivity contribution in [1.82, 2.24) is 4.57 Å². The van der Waals surface area contributed by atoms with Crippen LogP contribution in [-0.4, -0.2) is 27.4 Å². The predicted octanol–water partition coefficient (Wildman–Crippen LogP) is 2.64. The number of fused-ring (bicyclic) bond motifs is 3. The zero-order valence-corrected chi connectivity index (χ0v) is 15.2. The van der Waals surface area contributed by atoms with E-state index in [0.717, 1.165) is 11.1 Å². The molecule has 2 aromatic rings. The smallest absolute Gasteiger partial charge is 0.343 e. The van der Waals surface area contributed by atoms with Gasteiger partial charge in [-0.05, 0) is 37.0 Å². The highest BCUT2D eigenvalue weighted by Crippen LogP contribution is 2.40. The van der Waals surface area contributed by atoms with Gasteiger partial charge in [0, 0.05) is 29.4 Å². The van der Waals surface area contributed by atoms with E-state index < -0.39 is 11.4 Å². The van der Waals surface area contributed by atoms with Gasteiger partial charge >= 0.3 is 5.97 Å². The summed E-state index contributed by atoms with van der Waals surface area (Å²) in [6, 6.07) is 4.84. The zero-order chi connectivity index (χ0) is 19.0. The van der Waals surface area contributed by atoms with Gasteiger partial charge in [0.25, 0.3) is 0 Å². The second-order valence-corrected chi connectivity index (χ2v) is 6.88. The lowest BCUT2D eigenvalue weighted by molar-refractivity contribution is 0.0523. The lowest BCUT2D eigenvalue weighted by atomic mass is 9.86. The maximum Gasteiger partial charge on any atom is 0.343 e. The van der Waals surface area contributed by atoms with Gasteiger partial charge in [0.2, 0.25) is 0 Å². The van der Waals surface area contributed by atoms with E-state index in [0.29, 0.717) is 17.7 Å². The summed E-state index contributed by atoms with van der Waals surface area (Å²) in [4.78, 5) is 24.6. The predicted molar refractivity (Wildman–Crippen MR) is 97.3 cm³/mol. The third-order valence-electron chi connectivity index (χ3n) is 4.88. The highest BCUT2D eigenvalue weighted by atomic mass is 16.5. The summed E-state index contributed by atoms with van der Waals surface area (Å²) in [6.07, 6.45) is 2.24. The Morgan fingerprint density at radius 2 is 2.08 bits per heavy atom. The summed E-state index contributed by atoms with van der Waals surface area (Å²) in [5.74, 6) is -0.324. The molecule has 0 fully saturated rings. The minimum Gasteiger partial charge on any atom is -0.508 e. The van der Waals surface area contributed by atoms with Crippen molar-refractivity contribution in [3.8, 4) is 17.0 Å². The average Bonchev–Trinajstić information content (AvgIpc) is 2.59. The number of aliphatic hydroxyl groups is 1. The molecule has 0 aliphatic carbocycles. The highest BCUT2D eigenvalue weighted by molar-refractivity contribution is 5.89. The minimum absolute atomic E-state index is 0.0193. The normalized spacial score (nSPS) is 15.5. The van der Waals surface area contributed by atoms with E-state index in [2.05, 4.69) is 13.8 Å². The molecule has 26 heavy (non-hydrogen) atoms. The zero-order valence-electron chi connectivity index (χ0n) is 15.2. The van der Waals surface area contributed by atoms with E-state index >= 15 is 0 Å². The monoisotopic (exact) mass is 357 g/mol. The van der Waals surface area contributed by atoms with Gasteiger partial charge in [-0.15, -0.1) is 0 Å². The third kappa shape index (κ3) is 3.01. The number of aromatic nitrogens is 1. The van der Waals surface area contributed by atoms with Gasteiger partial charge < -0.3 is 19.5 Å². The molecular formula is C20H23NO5. The van der Waals surface area contributed by atoms with Gasteiger partial charge in [-0.3, -0.25) is 4.79 Å². The van der Waals surface area contributed by atoms with Crippen LogP contribution in [0.25, 0.3) is 11.3 Å². The Morgan fingerprint density at radius 3 is 2.69 bits per heavy atom. The van der Waals surface area contributed by atoms with E-state index in [-0.39, 0.29) is 36.5 Å². The van der Waals surface area contributed by atoms with Crippen LogP contribution >= 0.6 is 0 Å². The van der Waals surface area contributed by atoms with Gasteiger partial charge in [0.1, 0.15) is 11.3 Å². The van der Waals surface area contributed by atoms with Crippen LogP contribution in [0, 0.1) is 5.92 Å². The van der Waals surface area contributed by atoms with E-state index in [1.807, 2.05) is 4.57 Å². The lowest BCUT2D eigenvalue weighted by Gasteiger charge is -2.33. The number of ether oxygens (including phenoxy) is 1. The fraction of sp³-hybridized carbons (Fsp3) is 0.400. The molecule has 1 aliphatic heterocycles. The van der Waals surface area contributed by atoms with Gasteiger partial charge in [-0.1, -0.05) is 13.8 Å². The molecule has 0 bridgehead atoms. The number of hydrogen-bond donors (Lipinski definition) is 2. The summed E-state index contributed by atoms with van der Waals surface area (Å²) >= 11 is 0. The van der Waals surface area contributed by atoms with Crippen LogP contribution in [0.2, 0.25) is 0 Å². The van der Waals surface area contributed by atoms with Crippen molar-refractivity contribution in [2.45, 2.75) is 39.8 Å². The quantitative estimate of drug-likeness (QED) is 0.821. The maximum atomic E-state index is 12.5. The average molecular weight is 357 g/mol. The summed E-state index contributed by atoms with van der Waals surface area (Å²) in [5.41, 5.74) is 2.41. The van der Waals surface area contributed by atoms with E-state index in [1.54, 1.807) is 25.3 Å². The number of phenols is 1. The molecule has 6 nitrogen and oxygen atoms in total. The molecule has 6 heteroatoms. The summed E-state index contributed by atoms with van der Waals surface area (Å²) in [6.45, 7) is 5.75. The standard InChI is InChI=1S/C20H23NO5/c1-4-26-20(25)15-9-21-16(11(2)3)6-12-7-18(23)13(10-22)5-14(12)17(21)8-19(15)24/h5,7-9,11,16,22-23H,4,6,10H2,1-3H3/t16-/m0/s1. The van der Waals surface area contributed by atoms with Crippen molar-refractivity contribution in [2.75, 3.05) is 6.61 Å². The Kier molecular flexibility index (Phi) is 4.87. The Labute approximate surface area is 151 Å². The molecule has 0 saturated heterocycles. The Morgan fingerprint density at radius 1 is 1.35 bits per heavy atom. The topological polar surface area (TPSA) is 88.8 Å². The van der Waals surface area contributed by atoms with Gasteiger partial charge in [-0.2, -0.15) is 0 Å². The van der Waals surface area contributed by atoms with Crippen LogP contribution in [0.1, 0.15) is 48.3 Å². The second kappa shape index (κ2) is 6.96. The SMILES string of the molecule is CCOC(=O)c1cn2c(cc1=O)-c1cc(CO)c(O)cc1C[C@H]2C(C)C. The first-order chi connectivity index (χ1) is 12.4. The summed E-state index contributed by atoms with van der Waals surface area (Å²) in [5, 5.41) is 19.5. The van der Waals surface area contributed by atoms with Gasteiger partial charge in [0.15, 0.2) is 5.43 Å². The van der Waals surface area contributed by atoms with E-state index in [9.17, 15) is 19.8 Å². The molecular weight excluding hydrogens is 334 g/mol. The molecule has 2 heterocycles. The number of hydrogen-bond acceptors (Lipinski definition) is 5. The van der Waals surface area contributed by atoms with Crippen molar-refractivity contribution in [3.63, 3.8) is 0 Å². The van der Waals surface area contributed by atoms with Gasteiger partial charge in [-0.25, -0.2) is 4.79 Å². The van der Waals surface area contributed by atoms with Crippen molar-refractivity contribution in [1.29, 1.82) is 0 Å². The Bertz CT molecular complexity index is 913. The molecule has 1 aromatic heterocycles. The molecule has 0 radical (unpaired) electrons. The number of pyridine rings is 1. The molecule has 138 valence electrons. The number of benzene rings is 1. The fourth-order valence-corrected chi connectivity index (χ4v) is 3.49. The van der Waals surface area contributed by atoms with Crippen LogP contribution in [0.4, 0.5) is 0 Å². The molecule has 1 atom stereocenters. The number of esters is 1. The molecule has 1 aliphatic rings. The number of aliphatic hydroxyl groups excluding tert-OH is 1. The first kappa shape index (κ1) is 18.2. The molecule has 1 aromatic carbocycles. The van der Waals surface area contributed by atoms with Crippen molar-refractivity contribution in [3.05, 3.63) is 51.3 Å². The molecule has 0 saturated carbocycles. The molecule has 0 amide bonds. The Hall–Kier alpha value is -2.60. The van der Waals surface area contributed by atoms with Crippen LogP contribution in [0.15, 0.2) is 29.2 Å². The van der Waals surface area contributed by atoms with E-state index in [4.69, 9.17) is 4.74 Å². The van der Waals surface area contributed by atoms with Gasteiger partial charge in [0.05, 0.1) is 18.9 Å². The Balaban J connectivity index is 2.25. The fourth-order valence-electron chi connectivity index (χ4n) is 3.49. The van der Waals surface area contributed by atoms with Crippen LogP contribution < -0.4 is 5.43 Å². The summed E-state index contributed by atoms with van der Waals surface area (Å²) < 4.78 is 6.94. The van der Waals surface area contributed by atoms with Crippen molar-refractivity contribution >= 4 is 5.97 Å². The number of aromatic hydroxyl groups is 1. The second-order valence-electron chi connectivity index (χ2n) is 6.88. The van der Waals surface area contributed by atoms with Crippen LogP contribution in [-0.2, 0) is 17.8 Å². The first-order valence-electron chi connectivity index (χ1n) is 8.76. The number of carbonyl (C=O) groups is 1. The van der Waals surface area contributed by atoms with E-state index in [1.165, 1.54) is 6.07 Å². The molecule has 0 unspecified atom stereocenters. The number of rotatable bonds is 4.